The van der Waals surface area contributed by atoms with Crippen LogP contribution >= 0.6 is 24.0 Å². The molecule has 0 unspecified atom stereocenters. The van der Waals surface area contributed by atoms with Crippen LogP contribution in [-0.4, -0.2) is 60.4 Å². The van der Waals surface area contributed by atoms with Crippen molar-refractivity contribution in [1.82, 2.24) is 25.7 Å². The van der Waals surface area contributed by atoms with Gasteiger partial charge in [0.15, 0.2) is 11.8 Å². The number of ether oxygens (including phenoxy) is 1. The lowest BCUT2D eigenvalue weighted by Gasteiger charge is -2.27. The van der Waals surface area contributed by atoms with Gasteiger partial charge in [0.05, 0.1) is 19.8 Å². The Bertz CT molecular complexity index is 776. The molecule has 1 saturated heterocycles. The summed E-state index contributed by atoms with van der Waals surface area (Å²) in [7, 11) is 0. The van der Waals surface area contributed by atoms with Crippen molar-refractivity contribution < 1.29 is 9.26 Å². The second-order valence-electron chi connectivity index (χ2n) is 7.12. The number of rotatable bonds is 9. The Labute approximate surface area is 195 Å². The molecule has 1 aliphatic rings. The van der Waals surface area contributed by atoms with E-state index in [1.54, 1.807) is 0 Å². The fraction of sp³-hybridized carbons (Fsp3) is 0.571. The highest BCUT2D eigenvalue weighted by molar-refractivity contribution is 14.0. The lowest BCUT2D eigenvalue weighted by atomic mass is 10.1. The fourth-order valence-corrected chi connectivity index (χ4v) is 3.26. The molecule has 1 aliphatic heterocycles. The molecule has 166 valence electrons. The minimum atomic E-state index is 0. The SMILES string of the molecule is CCNC(=NCc1ccccc1CN1CCOCC1)NCCCc1nc(C)no1.I. The summed E-state index contributed by atoms with van der Waals surface area (Å²) in [6.45, 7) is 10.7. The standard InChI is InChI=1S/C21H32N6O2.HI/c1-3-22-21(23-10-6-9-20-25-17(2)26-29-20)24-15-18-7-4-5-8-19(18)16-27-11-13-28-14-12-27;/h4-5,7-8H,3,6,9-16H2,1-2H3,(H2,22,23,24);1H. The van der Waals surface area contributed by atoms with Gasteiger partial charge in [0.25, 0.3) is 0 Å². The van der Waals surface area contributed by atoms with E-state index in [2.05, 4.69) is 56.9 Å². The molecule has 0 aliphatic carbocycles. The van der Waals surface area contributed by atoms with Crippen LogP contribution in [0.1, 0.15) is 36.2 Å². The van der Waals surface area contributed by atoms with Crippen molar-refractivity contribution in [3.63, 3.8) is 0 Å². The summed E-state index contributed by atoms with van der Waals surface area (Å²) in [6, 6.07) is 8.56. The number of aliphatic imine (C=N–C) groups is 1. The highest BCUT2D eigenvalue weighted by atomic mass is 127. The Morgan fingerprint density at radius 1 is 1.17 bits per heavy atom. The van der Waals surface area contributed by atoms with Crippen molar-refractivity contribution in [3.8, 4) is 0 Å². The van der Waals surface area contributed by atoms with Crippen molar-refractivity contribution >= 4 is 29.9 Å². The van der Waals surface area contributed by atoms with E-state index in [9.17, 15) is 0 Å². The van der Waals surface area contributed by atoms with Crippen LogP contribution in [0.3, 0.4) is 0 Å². The van der Waals surface area contributed by atoms with Gasteiger partial charge in [-0.1, -0.05) is 29.4 Å². The molecule has 1 aromatic heterocycles. The van der Waals surface area contributed by atoms with Gasteiger partial charge in [0, 0.05) is 39.1 Å². The molecule has 0 amide bonds. The van der Waals surface area contributed by atoms with Crippen LogP contribution in [0.2, 0.25) is 0 Å². The van der Waals surface area contributed by atoms with Crippen molar-refractivity contribution in [1.29, 1.82) is 0 Å². The third-order valence-corrected chi connectivity index (χ3v) is 4.80. The average Bonchev–Trinajstić information content (AvgIpc) is 3.16. The first kappa shape index (κ1) is 24.5. The fourth-order valence-electron chi connectivity index (χ4n) is 3.26. The number of hydrogen-bond donors (Lipinski definition) is 2. The van der Waals surface area contributed by atoms with Crippen LogP contribution in [0.15, 0.2) is 33.8 Å². The molecule has 2 heterocycles. The zero-order valence-corrected chi connectivity index (χ0v) is 20.2. The molecule has 0 bridgehead atoms. The Balaban J connectivity index is 0.00000320. The van der Waals surface area contributed by atoms with Crippen LogP contribution in [0.25, 0.3) is 0 Å². The molecule has 1 aromatic carbocycles. The predicted molar refractivity (Wildman–Crippen MR) is 128 cm³/mol. The van der Waals surface area contributed by atoms with Crippen molar-refractivity contribution in [2.24, 2.45) is 4.99 Å². The first-order chi connectivity index (χ1) is 14.2. The first-order valence-electron chi connectivity index (χ1n) is 10.4. The normalized spacial score (nSPS) is 14.9. The Kier molecular flexibility index (Phi) is 11.1. The molecule has 3 rings (SSSR count). The number of aromatic nitrogens is 2. The van der Waals surface area contributed by atoms with Crippen LogP contribution < -0.4 is 10.6 Å². The van der Waals surface area contributed by atoms with Gasteiger partial charge >= 0.3 is 0 Å². The Morgan fingerprint density at radius 2 is 1.93 bits per heavy atom. The average molecular weight is 528 g/mol. The van der Waals surface area contributed by atoms with Crippen LogP contribution in [0, 0.1) is 6.92 Å². The van der Waals surface area contributed by atoms with E-state index in [-0.39, 0.29) is 24.0 Å². The number of benzene rings is 1. The maximum Gasteiger partial charge on any atom is 0.226 e. The number of morpholine rings is 1. The molecule has 0 spiro atoms. The van der Waals surface area contributed by atoms with E-state index in [4.69, 9.17) is 14.3 Å². The molecule has 2 N–H and O–H groups in total. The summed E-state index contributed by atoms with van der Waals surface area (Å²) in [5.41, 5.74) is 2.60. The van der Waals surface area contributed by atoms with Crippen LogP contribution in [-0.2, 0) is 24.2 Å². The Morgan fingerprint density at radius 3 is 2.63 bits per heavy atom. The minimum Gasteiger partial charge on any atom is -0.379 e. The largest absolute Gasteiger partial charge is 0.379 e. The highest BCUT2D eigenvalue weighted by Crippen LogP contribution is 2.14. The highest BCUT2D eigenvalue weighted by Gasteiger charge is 2.12. The lowest BCUT2D eigenvalue weighted by molar-refractivity contribution is 0.0341. The van der Waals surface area contributed by atoms with Gasteiger partial charge in [-0.3, -0.25) is 4.90 Å². The molecule has 0 radical (unpaired) electrons. The monoisotopic (exact) mass is 528 g/mol. The van der Waals surface area contributed by atoms with Gasteiger partial charge in [0.2, 0.25) is 5.89 Å². The van der Waals surface area contributed by atoms with Crippen LogP contribution in [0.5, 0.6) is 0 Å². The maximum atomic E-state index is 5.46. The summed E-state index contributed by atoms with van der Waals surface area (Å²) in [6.07, 6.45) is 1.66. The molecule has 30 heavy (non-hydrogen) atoms. The van der Waals surface area contributed by atoms with Crippen molar-refractivity contribution in [2.75, 3.05) is 39.4 Å². The zero-order chi connectivity index (χ0) is 20.3. The summed E-state index contributed by atoms with van der Waals surface area (Å²) >= 11 is 0. The first-order valence-corrected chi connectivity index (χ1v) is 10.4. The third-order valence-electron chi connectivity index (χ3n) is 4.80. The zero-order valence-electron chi connectivity index (χ0n) is 17.9. The van der Waals surface area contributed by atoms with Gasteiger partial charge < -0.3 is 19.9 Å². The topological polar surface area (TPSA) is 87.8 Å². The molecule has 8 nitrogen and oxygen atoms in total. The van der Waals surface area contributed by atoms with Gasteiger partial charge in [-0.15, -0.1) is 24.0 Å². The number of aryl methyl sites for hydroxylation is 2. The van der Waals surface area contributed by atoms with E-state index >= 15 is 0 Å². The summed E-state index contributed by atoms with van der Waals surface area (Å²) in [4.78, 5) is 11.5. The van der Waals surface area contributed by atoms with E-state index in [0.717, 1.165) is 64.7 Å². The Hall–Kier alpha value is -1.72. The molecule has 1 fully saturated rings. The minimum absolute atomic E-state index is 0. The summed E-state index contributed by atoms with van der Waals surface area (Å²) in [5, 5.41) is 10.5. The second kappa shape index (κ2) is 13.6. The summed E-state index contributed by atoms with van der Waals surface area (Å²) in [5.74, 6) is 2.19. The number of guanidine groups is 1. The van der Waals surface area contributed by atoms with Gasteiger partial charge in [-0.2, -0.15) is 4.98 Å². The van der Waals surface area contributed by atoms with Gasteiger partial charge in [-0.05, 0) is 31.4 Å². The van der Waals surface area contributed by atoms with Crippen molar-refractivity contribution in [3.05, 3.63) is 47.1 Å². The van der Waals surface area contributed by atoms with E-state index < -0.39 is 0 Å². The predicted octanol–water partition coefficient (Wildman–Crippen LogP) is 2.52. The van der Waals surface area contributed by atoms with Gasteiger partial charge in [0.1, 0.15) is 0 Å². The maximum absolute atomic E-state index is 5.46. The molecule has 2 aromatic rings. The molecular formula is C21H33IN6O2. The van der Waals surface area contributed by atoms with E-state index in [1.807, 2.05) is 6.92 Å². The molecule has 9 heteroatoms. The lowest BCUT2D eigenvalue weighted by Crippen LogP contribution is -2.38. The number of hydrogen-bond acceptors (Lipinski definition) is 6. The third kappa shape index (κ3) is 8.19. The summed E-state index contributed by atoms with van der Waals surface area (Å²) < 4.78 is 10.6. The number of nitrogens with one attached hydrogen (secondary N) is 2. The van der Waals surface area contributed by atoms with Crippen LogP contribution in [0.4, 0.5) is 0 Å². The number of halogens is 1. The molecule has 0 saturated carbocycles. The van der Waals surface area contributed by atoms with Crippen molar-refractivity contribution in [2.45, 2.75) is 39.8 Å². The van der Waals surface area contributed by atoms with E-state index in [0.29, 0.717) is 18.3 Å². The van der Waals surface area contributed by atoms with E-state index in [1.165, 1.54) is 11.1 Å². The smallest absolute Gasteiger partial charge is 0.226 e. The molecular weight excluding hydrogens is 495 g/mol. The van der Waals surface area contributed by atoms with Gasteiger partial charge in [-0.25, -0.2) is 4.99 Å². The molecule has 0 atom stereocenters. The second-order valence-corrected chi connectivity index (χ2v) is 7.12. The quantitative estimate of drug-likeness (QED) is 0.224. The number of nitrogens with zero attached hydrogens (tertiary/aromatic N) is 4.